The van der Waals surface area contributed by atoms with Crippen LogP contribution in [0.4, 0.5) is 17.2 Å². The minimum atomic E-state index is 0.394. The van der Waals surface area contributed by atoms with Gasteiger partial charge in [-0.05, 0) is 24.3 Å². The maximum absolute atomic E-state index is 6.37. The SMILES string of the molecule is COc1ccc(OC)c(Nc2ncnc(-n3cnc4ccccc43)c2N)c1. The number of nitrogens with zero attached hydrogens (tertiary/aromatic N) is 4. The molecule has 0 atom stereocenters. The fraction of sp³-hybridized carbons (Fsp3) is 0.105. The van der Waals surface area contributed by atoms with E-state index in [4.69, 9.17) is 15.2 Å². The van der Waals surface area contributed by atoms with Gasteiger partial charge in [-0.3, -0.25) is 4.57 Å². The van der Waals surface area contributed by atoms with Crippen molar-refractivity contribution in [3.8, 4) is 17.3 Å². The summed E-state index contributed by atoms with van der Waals surface area (Å²) in [5, 5.41) is 3.20. The molecule has 0 spiro atoms. The fourth-order valence-corrected chi connectivity index (χ4v) is 2.85. The fourth-order valence-electron chi connectivity index (χ4n) is 2.85. The van der Waals surface area contributed by atoms with E-state index in [9.17, 15) is 0 Å². The first-order valence-corrected chi connectivity index (χ1v) is 8.23. The first kappa shape index (κ1) is 16.6. The van der Waals surface area contributed by atoms with Crippen molar-refractivity contribution in [2.24, 2.45) is 0 Å². The Morgan fingerprint density at radius 3 is 2.67 bits per heavy atom. The third-order valence-corrected chi connectivity index (χ3v) is 4.20. The van der Waals surface area contributed by atoms with Crippen LogP contribution in [0.3, 0.4) is 0 Å². The number of nitrogens with one attached hydrogen (secondary N) is 1. The lowest BCUT2D eigenvalue weighted by Crippen LogP contribution is -2.07. The standard InChI is InChI=1S/C19H18N6O2/c1-26-12-7-8-16(27-2)14(9-12)24-18-17(20)19(22-10-21-18)25-11-23-13-5-3-4-6-15(13)25/h3-11H,20H2,1-2H3,(H,21,22,24). The summed E-state index contributed by atoms with van der Waals surface area (Å²) in [6.07, 6.45) is 3.15. The van der Waals surface area contributed by atoms with Gasteiger partial charge in [0.25, 0.3) is 0 Å². The van der Waals surface area contributed by atoms with E-state index in [1.165, 1.54) is 6.33 Å². The van der Waals surface area contributed by atoms with Crippen LogP contribution in [-0.2, 0) is 0 Å². The highest BCUT2D eigenvalue weighted by Gasteiger charge is 2.14. The minimum Gasteiger partial charge on any atom is -0.497 e. The molecular formula is C19H18N6O2. The number of hydrogen-bond acceptors (Lipinski definition) is 7. The average molecular weight is 362 g/mol. The van der Waals surface area contributed by atoms with E-state index < -0.39 is 0 Å². The van der Waals surface area contributed by atoms with Gasteiger partial charge in [-0.15, -0.1) is 0 Å². The lowest BCUT2D eigenvalue weighted by atomic mass is 10.2. The maximum atomic E-state index is 6.37. The van der Waals surface area contributed by atoms with Crippen LogP contribution in [0.5, 0.6) is 11.5 Å². The highest BCUT2D eigenvalue weighted by Crippen LogP contribution is 2.33. The van der Waals surface area contributed by atoms with Gasteiger partial charge >= 0.3 is 0 Å². The molecule has 3 N–H and O–H groups in total. The van der Waals surface area contributed by atoms with E-state index >= 15 is 0 Å². The quantitative estimate of drug-likeness (QED) is 0.562. The molecule has 27 heavy (non-hydrogen) atoms. The topological polar surface area (TPSA) is 100 Å². The summed E-state index contributed by atoms with van der Waals surface area (Å²) >= 11 is 0. The first-order valence-electron chi connectivity index (χ1n) is 8.23. The summed E-state index contributed by atoms with van der Waals surface area (Å²) in [6, 6.07) is 13.2. The first-order chi connectivity index (χ1) is 13.2. The number of benzene rings is 2. The Hall–Kier alpha value is -3.81. The second-order valence-corrected chi connectivity index (χ2v) is 5.75. The van der Waals surface area contributed by atoms with Crippen LogP contribution in [-0.4, -0.2) is 33.7 Å². The van der Waals surface area contributed by atoms with Gasteiger partial charge in [0.1, 0.15) is 29.8 Å². The highest BCUT2D eigenvalue weighted by molar-refractivity contribution is 5.81. The zero-order valence-corrected chi connectivity index (χ0v) is 14.9. The molecule has 0 saturated heterocycles. The predicted octanol–water partition coefficient (Wildman–Crippen LogP) is 3.16. The number of nitrogen functional groups attached to an aromatic ring is 1. The van der Waals surface area contributed by atoms with Gasteiger partial charge in [0.05, 0.1) is 30.9 Å². The number of fused-ring (bicyclic) bond motifs is 1. The van der Waals surface area contributed by atoms with Crippen molar-refractivity contribution in [2.45, 2.75) is 0 Å². The van der Waals surface area contributed by atoms with Gasteiger partial charge in [-0.1, -0.05) is 12.1 Å². The zero-order chi connectivity index (χ0) is 18.8. The van der Waals surface area contributed by atoms with Crippen molar-refractivity contribution < 1.29 is 9.47 Å². The highest BCUT2D eigenvalue weighted by atomic mass is 16.5. The summed E-state index contributed by atoms with van der Waals surface area (Å²) in [5.74, 6) is 2.34. The monoisotopic (exact) mass is 362 g/mol. The molecule has 8 heteroatoms. The smallest absolute Gasteiger partial charge is 0.167 e. The molecule has 0 aliphatic heterocycles. The molecule has 0 unspecified atom stereocenters. The molecule has 136 valence electrons. The second-order valence-electron chi connectivity index (χ2n) is 5.75. The van der Waals surface area contributed by atoms with E-state index in [-0.39, 0.29) is 0 Å². The van der Waals surface area contributed by atoms with E-state index in [0.29, 0.717) is 34.5 Å². The van der Waals surface area contributed by atoms with Crippen LogP contribution in [0.2, 0.25) is 0 Å². The van der Waals surface area contributed by atoms with Crippen LogP contribution in [0, 0.1) is 0 Å². The largest absolute Gasteiger partial charge is 0.497 e. The molecule has 0 bridgehead atoms. The van der Waals surface area contributed by atoms with Crippen LogP contribution in [0.1, 0.15) is 0 Å². The third kappa shape index (κ3) is 2.97. The lowest BCUT2D eigenvalue weighted by molar-refractivity contribution is 0.405. The zero-order valence-electron chi connectivity index (χ0n) is 14.9. The Balaban J connectivity index is 1.77. The molecule has 0 fully saturated rings. The van der Waals surface area contributed by atoms with E-state index in [1.807, 2.05) is 47.0 Å². The lowest BCUT2D eigenvalue weighted by Gasteiger charge is -2.15. The predicted molar refractivity (Wildman–Crippen MR) is 104 cm³/mol. The number of imidazole rings is 1. The molecule has 0 aliphatic carbocycles. The Bertz CT molecular complexity index is 1110. The van der Waals surface area contributed by atoms with Crippen molar-refractivity contribution >= 4 is 28.2 Å². The van der Waals surface area contributed by atoms with Crippen molar-refractivity contribution in [1.29, 1.82) is 0 Å². The van der Waals surface area contributed by atoms with Crippen LogP contribution in [0.15, 0.2) is 55.1 Å². The third-order valence-electron chi connectivity index (χ3n) is 4.20. The molecule has 4 aromatic rings. The molecule has 8 nitrogen and oxygen atoms in total. The van der Waals surface area contributed by atoms with Gasteiger partial charge in [0.15, 0.2) is 11.6 Å². The molecule has 0 saturated carbocycles. The van der Waals surface area contributed by atoms with Crippen LogP contribution >= 0.6 is 0 Å². The van der Waals surface area contributed by atoms with Crippen LogP contribution in [0.25, 0.3) is 16.9 Å². The summed E-state index contributed by atoms with van der Waals surface area (Å²) < 4.78 is 12.5. The Morgan fingerprint density at radius 1 is 1.00 bits per heavy atom. The maximum Gasteiger partial charge on any atom is 0.167 e. The van der Waals surface area contributed by atoms with Crippen molar-refractivity contribution in [3.05, 3.63) is 55.1 Å². The molecule has 0 amide bonds. The summed E-state index contributed by atoms with van der Waals surface area (Å²) in [5.41, 5.74) is 9.22. The van der Waals surface area contributed by atoms with Gasteiger partial charge in [-0.2, -0.15) is 0 Å². The number of nitrogens with two attached hydrogens (primary N) is 1. The second kappa shape index (κ2) is 6.83. The molecular weight excluding hydrogens is 344 g/mol. The number of anilines is 3. The van der Waals surface area contributed by atoms with Crippen LogP contribution < -0.4 is 20.5 Å². The molecule has 4 rings (SSSR count). The van der Waals surface area contributed by atoms with Gasteiger partial charge < -0.3 is 20.5 Å². The van der Waals surface area contributed by atoms with E-state index in [1.54, 1.807) is 20.5 Å². The number of rotatable bonds is 5. The summed E-state index contributed by atoms with van der Waals surface area (Å²) in [6.45, 7) is 0. The minimum absolute atomic E-state index is 0.394. The molecule has 2 aromatic heterocycles. The molecule has 2 heterocycles. The number of hydrogen-bond donors (Lipinski definition) is 2. The molecule has 2 aromatic carbocycles. The normalized spacial score (nSPS) is 10.7. The molecule has 0 aliphatic rings. The average Bonchev–Trinajstić information content (AvgIpc) is 3.13. The van der Waals surface area contributed by atoms with Gasteiger partial charge in [0.2, 0.25) is 0 Å². The number of para-hydroxylation sites is 2. The Morgan fingerprint density at radius 2 is 1.85 bits per heavy atom. The van der Waals surface area contributed by atoms with Crippen molar-refractivity contribution in [1.82, 2.24) is 19.5 Å². The molecule has 0 radical (unpaired) electrons. The Labute approximate surface area is 155 Å². The van der Waals surface area contributed by atoms with Crippen molar-refractivity contribution in [3.63, 3.8) is 0 Å². The number of methoxy groups -OCH3 is 2. The van der Waals surface area contributed by atoms with Gasteiger partial charge in [-0.25, -0.2) is 15.0 Å². The number of aromatic nitrogens is 4. The summed E-state index contributed by atoms with van der Waals surface area (Å²) in [4.78, 5) is 13.0. The van der Waals surface area contributed by atoms with Gasteiger partial charge in [0, 0.05) is 6.07 Å². The Kier molecular flexibility index (Phi) is 4.21. The van der Waals surface area contributed by atoms with E-state index in [0.717, 1.165) is 11.0 Å². The van der Waals surface area contributed by atoms with Crippen molar-refractivity contribution in [2.75, 3.05) is 25.3 Å². The number of ether oxygens (including phenoxy) is 2. The van der Waals surface area contributed by atoms with E-state index in [2.05, 4.69) is 20.3 Å². The summed E-state index contributed by atoms with van der Waals surface area (Å²) in [7, 11) is 3.20.